The van der Waals surface area contributed by atoms with Crippen LogP contribution in [-0.4, -0.2) is 55.8 Å². The van der Waals surface area contributed by atoms with Gasteiger partial charge in [-0.3, -0.25) is 10.1 Å². The minimum atomic E-state index is -3.79. The summed E-state index contributed by atoms with van der Waals surface area (Å²) in [6.45, 7) is 3.82. The molecule has 0 spiro atoms. The summed E-state index contributed by atoms with van der Waals surface area (Å²) in [5, 5.41) is 15.3. The van der Waals surface area contributed by atoms with Crippen molar-refractivity contribution in [2.24, 2.45) is 0 Å². The summed E-state index contributed by atoms with van der Waals surface area (Å²) < 4.78 is 27.2. The molecule has 0 unspecified atom stereocenters. The van der Waals surface area contributed by atoms with Crippen molar-refractivity contribution in [1.29, 1.82) is 0 Å². The fourth-order valence-corrected chi connectivity index (χ4v) is 4.86. The second kappa shape index (κ2) is 8.66. The Kier molecular flexibility index (Phi) is 6.42. The average molecular weight is 439 g/mol. The van der Waals surface area contributed by atoms with E-state index in [2.05, 4.69) is 5.32 Å². The minimum absolute atomic E-state index is 0.0743. The van der Waals surface area contributed by atoms with Gasteiger partial charge in [0.1, 0.15) is 5.69 Å². The number of likely N-dealkylation sites (N-methyl/N-ethyl adjacent to an activating group) is 1. The maximum Gasteiger partial charge on any atom is 0.293 e. The highest BCUT2D eigenvalue weighted by molar-refractivity contribution is 7.89. The number of hydrogen-bond acceptors (Lipinski definition) is 6. The van der Waals surface area contributed by atoms with Crippen LogP contribution >= 0.6 is 11.6 Å². The molecule has 0 saturated carbocycles. The zero-order valence-electron chi connectivity index (χ0n) is 16.2. The lowest BCUT2D eigenvalue weighted by molar-refractivity contribution is -0.384. The molecule has 1 heterocycles. The molecular formula is C19H23ClN4O4S. The van der Waals surface area contributed by atoms with Crippen molar-refractivity contribution in [1.82, 2.24) is 9.21 Å². The first-order valence-electron chi connectivity index (χ1n) is 9.17. The molecule has 2 aromatic carbocycles. The van der Waals surface area contributed by atoms with Gasteiger partial charge in [0.05, 0.1) is 9.82 Å². The molecule has 1 atom stereocenters. The number of piperazine rings is 1. The summed E-state index contributed by atoms with van der Waals surface area (Å²) in [7, 11) is -1.86. The summed E-state index contributed by atoms with van der Waals surface area (Å²) in [6, 6.07) is 10.9. The van der Waals surface area contributed by atoms with E-state index in [1.54, 1.807) is 18.2 Å². The molecule has 1 fully saturated rings. The van der Waals surface area contributed by atoms with E-state index in [-0.39, 0.29) is 22.3 Å². The average Bonchev–Trinajstić information content (AvgIpc) is 2.68. The van der Waals surface area contributed by atoms with E-state index in [9.17, 15) is 18.5 Å². The number of nitrogens with zero attached hydrogens (tertiary/aromatic N) is 3. The van der Waals surface area contributed by atoms with Crippen LogP contribution in [0.15, 0.2) is 47.4 Å². The molecule has 0 bridgehead atoms. The molecule has 1 N–H and O–H groups in total. The highest BCUT2D eigenvalue weighted by Crippen LogP contribution is 2.32. The van der Waals surface area contributed by atoms with Crippen LogP contribution in [0, 0.1) is 10.1 Å². The molecule has 1 aliphatic rings. The van der Waals surface area contributed by atoms with Crippen LogP contribution in [0.2, 0.25) is 5.02 Å². The Morgan fingerprint density at radius 3 is 2.45 bits per heavy atom. The second-order valence-electron chi connectivity index (χ2n) is 7.06. The quantitative estimate of drug-likeness (QED) is 0.548. The number of halogens is 1. The number of nitrogens with one attached hydrogen (secondary N) is 1. The van der Waals surface area contributed by atoms with Gasteiger partial charge in [-0.1, -0.05) is 23.7 Å². The number of hydrogen-bond donors (Lipinski definition) is 1. The third-order valence-corrected chi connectivity index (χ3v) is 7.12. The number of anilines is 1. The van der Waals surface area contributed by atoms with E-state index in [0.717, 1.165) is 11.6 Å². The van der Waals surface area contributed by atoms with Crippen molar-refractivity contribution in [2.75, 3.05) is 38.5 Å². The Morgan fingerprint density at radius 1 is 1.14 bits per heavy atom. The normalized spacial score (nSPS) is 17.1. The Labute approximate surface area is 175 Å². The molecule has 0 aromatic heterocycles. The van der Waals surface area contributed by atoms with Crippen LogP contribution < -0.4 is 5.32 Å². The predicted molar refractivity (Wildman–Crippen MR) is 113 cm³/mol. The molecule has 2 aromatic rings. The number of nitro benzene ring substituents is 1. The lowest BCUT2D eigenvalue weighted by atomic mass is 10.1. The van der Waals surface area contributed by atoms with Gasteiger partial charge in [-0.25, -0.2) is 8.42 Å². The fourth-order valence-electron chi connectivity index (χ4n) is 3.22. The predicted octanol–water partition coefficient (Wildman–Crippen LogP) is 3.36. The molecule has 3 rings (SSSR count). The molecular weight excluding hydrogens is 416 g/mol. The highest BCUT2D eigenvalue weighted by atomic mass is 35.5. The van der Waals surface area contributed by atoms with Gasteiger partial charge in [0.2, 0.25) is 10.0 Å². The summed E-state index contributed by atoms with van der Waals surface area (Å²) >= 11 is 6.02. The van der Waals surface area contributed by atoms with Gasteiger partial charge >= 0.3 is 0 Å². The Balaban J connectivity index is 1.88. The molecule has 0 radical (unpaired) electrons. The number of benzene rings is 2. The van der Waals surface area contributed by atoms with Crippen molar-refractivity contribution in [3.8, 4) is 0 Å². The van der Waals surface area contributed by atoms with Crippen LogP contribution in [0.25, 0.3) is 0 Å². The maximum absolute atomic E-state index is 12.9. The first-order chi connectivity index (χ1) is 13.7. The van der Waals surface area contributed by atoms with Crippen molar-refractivity contribution in [3.05, 3.63) is 63.2 Å². The SMILES string of the molecule is C[C@@H](Nc1ccc(S(=O)(=O)N2CCN(C)CC2)cc1[N+](=O)[O-])c1cccc(Cl)c1. The van der Waals surface area contributed by atoms with Crippen molar-refractivity contribution in [2.45, 2.75) is 17.9 Å². The standard InChI is InChI=1S/C19H23ClN4O4S/c1-14(15-4-3-5-16(20)12-15)21-18-7-6-17(13-19(18)24(25)26)29(27,28)23-10-8-22(2)9-11-23/h3-7,12-14,21H,8-11H2,1-2H3/t14-/m1/s1. The van der Waals surface area contributed by atoms with Gasteiger partial charge in [-0.2, -0.15) is 4.31 Å². The zero-order valence-corrected chi connectivity index (χ0v) is 17.8. The van der Waals surface area contributed by atoms with E-state index in [4.69, 9.17) is 11.6 Å². The molecule has 1 saturated heterocycles. The van der Waals surface area contributed by atoms with Crippen molar-refractivity contribution in [3.63, 3.8) is 0 Å². The second-order valence-corrected chi connectivity index (χ2v) is 9.44. The van der Waals surface area contributed by atoms with E-state index in [1.165, 1.54) is 16.4 Å². The first-order valence-corrected chi connectivity index (χ1v) is 11.0. The summed E-state index contributed by atoms with van der Waals surface area (Å²) in [4.78, 5) is 13.0. The van der Waals surface area contributed by atoms with Gasteiger partial charge in [-0.05, 0) is 43.8 Å². The Hall–Kier alpha value is -2.20. The maximum atomic E-state index is 12.9. The van der Waals surface area contributed by atoms with Gasteiger partial charge in [0.15, 0.2) is 0 Å². The van der Waals surface area contributed by atoms with Gasteiger partial charge in [0, 0.05) is 43.3 Å². The lowest BCUT2D eigenvalue weighted by Crippen LogP contribution is -2.47. The molecule has 10 heteroatoms. The lowest BCUT2D eigenvalue weighted by Gasteiger charge is -2.31. The van der Waals surface area contributed by atoms with Crippen LogP contribution in [-0.2, 0) is 10.0 Å². The van der Waals surface area contributed by atoms with Crippen molar-refractivity contribution >= 4 is 33.0 Å². The summed E-state index contributed by atoms with van der Waals surface area (Å²) in [5.74, 6) is 0. The van der Waals surface area contributed by atoms with Crippen LogP contribution in [0.4, 0.5) is 11.4 Å². The zero-order chi connectivity index (χ0) is 21.2. The summed E-state index contributed by atoms with van der Waals surface area (Å²) in [6.07, 6.45) is 0. The number of sulfonamides is 1. The van der Waals surface area contributed by atoms with E-state index >= 15 is 0 Å². The number of nitro groups is 1. The van der Waals surface area contributed by atoms with Crippen LogP contribution in [0.5, 0.6) is 0 Å². The van der Waals surface area contributed by atoms with E-state index < -0.39 is 14.9 Å². The topological polar surface area (TPSA) is 95.8 Å². The van der Waals surface area contributed by atoms with Gasteiger partial charge in [-0.15, -0.1) is 0 Å². The Bertz CT molecular complexity index is 1010. The fraction of sp³-hybridized carbons (Fsp3) is 0.368. The van der Waals surface area contributed by atoms with Gasteiger partial charge < -0.3 is 10.2 Å². The highest BCUT2D eigenvalue weighted by Gasteiger charge is 2.30. The largest absolute Gasteiger partial charge is 0.373 e. The molecule has 0 aliphatic carbocycles. The third kappa shape index (κ3) is 4.87. The summed E-state index contributed by atoms with van der Waals surface area (Å²) in [5.41, 5.74) is 0.829. The first kappa shape index (κ1) is 21.5. The van der Waals surface area contributed by atoms with Gasteiger partial charge in [0.25, 0.3) is 5.69 Å². The van der Waals surface area contributed by atoms with Crippen LogP contribution in [0.1, 0.15) is 18.5 Å². The molecule has 8 nitrogen and oxygen atoms in total. The Morgan fingerprint density at radius 2 is 1.83 bits per heavy atom. The van der Waals surface area contributed by atoms with E-state index in [1.807, 2.05) is 24.9 Å². The molecule has 1 aliphatic heterocycles. The molecule has 0 amide bonds. The monoisotopic (exact) mass is 438 g/mol. The van der Waals surface area contributed by atoms with Crippen molar-refractivity contribution < 1.29 is 13.3 Å². The smallest absolute Gasteiger partial charge is 0.293 e. The molecule has 29 heavy (non-hydrogen) atoms. The minimum Gasteiger partial charge on any atom is -0.373 e. The third-order valence-electron chi connectivity index (χ3n) is 4.99. The molecule has 156 valence electrons. The van der Waals surface area contributed by atoms with E-state index in [0.29, 0.717) is 31.2 Å². The van der Waals surface area contributed by atoms with Crippen LogP contribution in [0.3, 0.4) is 0 Å². The number of rotatable bonds is 6.